The average Bonchev–Trinajstić information content (AvgIpc) is 2.39. The molecule has 0 aliphatic carbocycles. The minimum atomic E-state index is 0.389. The Balaban J connectivity index is 2.72. The molecule has 0 fully saturated rings. The number of para-hydroxylation sites is 1. The molecule has 1 aromatic rings. The van der Waals surface area contributed by atoms with Crippen molar-refractivity contribution in [1.29, 1.82) is 0 Å². The van der Waals surface area contributed by atoms with E-state index in [1.54, 1.807) is 7.11 Å². The molecule has 2 nitrogen and oxygen atoms in total. The molecule has 17 heavy (non-hydrogen) atoms. The molecule has 96 valence electrons. The van der Waals surface area contributed by atoms with Gasteiger partial charge in [-0.15, -0.1) is 0 Å². The summed E-state index contributed by atoms with van der Waals surface area (Å²) >= 11 is 0. The van der Waals surface area contributed by atoms with E-state index in [1.807, 2.05) is 12.1 Å². The van der Waals surface area contributed by atoms with Crippen LogP contribution in [0.25, 0.3) is 0 Å². The zero-order valence-electron chi connectivity index (χ0n) is 11.5. The van der Waals surface area contributed by atoms with Crippen LogP contribution in [0, 0.1) is 5.92 Å². The Bertz CT molecular complexity index is 324. The van der Waals surface area contributed by atoms with Gasteiger partial charge in [-0.2, -0.15) is 0 Å². The molecule has 1 N–H and O–H groups in total. The van der Waals surface area contributed by atoms with Gasteiger partial charge in [-0.1, -0.05) is 45.4 Å². The highest BCUT2D eigenvalue weighted by atomic mass is 16.5. The maximum Gasteiger partial charge on any atom is 0.123 e. The van der Waals surface area contributed by atoms with Gasteiger partial charge in [0.25, 0.3) is 0 Å². The molecule has 1 rings (SSSR count). The smallest absolute Gasteiger partial charge is 0.123 e. The van der Waals surface area contributed by atoms with Gasteiger partial charge in [-0.05, 0) is 24.9 Å². The number of ether oxygens (including phenoxy) is 1. The van der Waals surface area contributed by atoms with Crippen LogP contribution in [-0.4, -0.2) is 13.7 Å². The van der Waals surface area contributed by atoms with Crippen molar-refractivity contribution in [3.63, 3.8) is 0 Å². The molecule has 0 aromatic heterocycles. The molecule has 0 bridgehead atoms. The lowest BCUT2D eigenvalue weighted by Crippen LogP contribution is -2.26. The molecular weight excluding hydrogens is 210 g/mol. The summed E-state index contributed by atoms with van der Waals surface area (Å²) in [6.45, 7) is 7.78. The van der Waals surface area contributed by atoms with Crippen LogP contribution in [0.3, 0.4) is 0 Å². The maximum absolute atomic E-state index is 5.42. The topological polar surface area (TPSA) is 21.3 Å². The van der Waals surface area contributed by atoms with Crippen molar-refractivity contribution >= 4 is 0 Å². The Kier molecular flexibility index (Phi) is 6.06. The summed E-state index contributed by atoms with van der Waals surface area (Å²) in [4.78, 5) is 0. The Hall–Kier alpha value is -1.02. The molecule has 0 saturated carbocycles. The monoisotopic (exact) mass is 235 g/mol. The molecule has 0 aliphatic heterocycles. The molecule has 0 radical (unpaired) electrons. The molecule has 2 atom stereocenters. The summed E-state index contributed by atoms with van der Waals surface area (Å²) < 4.78 is 5.42. The van der Waals surface area contributed by atoms with Gasteiger partial charge in [0.15, 0.2) is 0 Å². The van der Waals surface area contributed by atoms with Gasteiger partial charge in [0.05, 0.1) is 7.11 Å². The van der Waals surface area contributed by atoms with Gasteiger partial charge >= 0.3 is 0 Å². The number of hydrogen-bond acceptors (Lipinski definition) is 2. The van der Waals surface area contributed by atoms with E-state index in [9.17, 15) is 0 Å². The van der Waals surface area contributed by atoms with Gasteiger partial charge in [-0.3, -0.25) is 0 Å². The van der Waals surface area contributed by atoms with Gasteiger partial charge in [0.1, 0.15) is 5.75 Å². The predicted octanol–water partition coefficient (Wildman–Crippen LogP) is 3.78. The molecule has 0 heterocycles. The van der Waals surface area contributed by atoms with Crippen LogP contribution in [0.1, 0.15) is 45.2 Å². The fraction of sp³-hybridized carbons (Fsp3) is 0.600. The fourth-order valence-corrected chi connectivity index (χ4v) is 1.92. The first-order valence-corrected chi connectivity index (χ1v) is 6.59. The molecule has 1 aromatic carbocycles. The molecule has 2 heteroatoms. The zero-order chi connectivity index (χ0) is 12.7. The van der Waals surface area contributed by atoms with E-state index >= 15 is 0 Å². The normalized spacial score (nSPS) is 14.4. The van der Waals surface area contributed by atoms with E-state index in [0.29, 0.717) is 6.04 Å². The summed E-state index contributed by atoms with van der Waals surface area (Å²) in [7, 11) is 1.74. The van der Waals surface area contributed by atoms with Crippen molar-refractivity contribution in [2.75, 3.05) is 13.7 Å². The van der Waals surface area contributed by atoms with Gasteiger partial charge in [-0.25, -0.2) is 0 Å². The van der Waals surface area contributed by atoms with Crippen molar-refractivity contribution in [1.82, 2.24) is 5.32 Å². The average molecular weight is 235 g/mol. The second-order valence-corrected chi connectivity index (χ2v) is 4.62. The first kappa shape index (κ1) is 14.0. The van der Waals surface area contributed by atoms with Crippen LogP contribution in [0.4, 0.5) is 0 Å². The zero-order valence-corrected chi connectivity index (χ0v) is 11.5. The summed E-state index contributed by atoms with van der Waals surface area (Å²) in [6, 6.07) is 8.66. The Morgan fingerprint density at radius 3 is 2.47 bits per heavy atom. The number of benzene rings is 1. The van der Waals surface area contributed by atoms with Gasteiger partial charge in [0.2, 0.25) is 0 Å². The Morgan fingerprint density at radius 1 is 1.18 bits per heavy atom. The first-order chi connectivity index (χ1) is 8.22. The number of hydrogen-bond donors (Lipinski definition) is 1. The fourth-order valence-electron chi connectivity index (χ4n) is 1.92. The van der Waals surface area contributed by atoms with E-state index in [-0.39, 0.29) is 0 Å². The van der Waals surface area contributed by atoms with Crippen LogP contribution in [-0.2, 0) is 0 Å². The third-order valence-corrected chi connectivity index (χ3v) is 3.33. The van der Waals surface area contributed by atoms with Crippen LogP contribution >= 0.6 is 0 Å². The summed E-state index contributed by atoms with van der Waals surface area (Å²) in [5.74, 6) is 1.70. The number of rotatable bonds is 7. The van der Waals surface area contributed by atoms with Crippen LogP contribution in [0.15, 0.2) is 24.3 Å². The number of nitrogens with one attached hydrogen (secondary N) is 1. The molecule has 0 aliphatic rings. The standard InChI is InChI=1S/C15H25NO/c1-5-12(3)11-16-14(6-2)13-9-7-8-10-15(13)17-4/h7-10,12,14,16H,5-6,11H2,1-4H3. The van der Waals surface area contributed by atoms with Crippen molar-refractivity contribution in [3.05, 3.63) is 29.8 Å². The SMILES string of the molecule is CCC(C)CNC(CC)c1ccccc1OC. The van der Waals surface area contributed by atoms with Crippen molar-refractivity contribution in [3.8, 4) is 5.75 Å². The lowest BCUT2D eigenvalue weighted by molar-refractivity contribution is 0.388. The second kappa shape index (κ2) is 7.33. The van der Waals surface area contributed by atoms with E-state index in [4.69, 9.17) is 4.74 Å². The van der Waals surface area contributed by atoms with E-state index in [0.717, 1.165) is 24.6 Å². The summed E-state index contributed by atoms with van der Waals surface area (Å²) in [5, 5.41) is 3.63. The lowest BCUT2D eigenvalue weighted by atomic mass is 10.0. The predicted molar refractivity (Wildman–Crippen MR) is 73.5 cm³/mol. The van der Waals surface area contributed by atoms with Crippen molar-refractivity contribution in [2.24, 2.45) is 5.92 Å². The first-order valence-electron chi connectivity index (χ1n) is 6.59. The molecule has 0 saturated heterocycles. The molecule has 2 unspecified atom stereocenters. The van der Waals surface area contributed by atoms with E-state index in [1.165, 1.54) is 12.0 Å². The summed E-state index contributed by atoms with van der Waals surface area (Å²) in [5.41, 5.74) is 1.26. The van der Waals surface area contributed by atoms with Crippen molar-refractivity contribution < 1.29 is 4.74 Å². The molecule has 0 spiro atoms. The molecular formula is C15H25NO. The number of methoxy groups -OCH3 is 1. The second-order valence-electron chi connectivity index (χ2n) is 4.62. The highest BCUT2D eigenvalue weighted by Gasteiger charge is 2.13. The van der Waals surface area contributed by atoms with E-state index in [2.05, 4.69) is 38.2 Å². The van der Waals surface area contributed by atoms with Gasteiger partial charge in [0, 0.05) is 11.6 Å². The lowest BCUT2D eigenvalue weighted by Gasteiger charge is -2.21. The third kappa shape index (κ3) is 4.04. The highest BCUT2D eigenvalue weighted by molar-refractivity contribution is 5.35. The maximum atomic E-state index is 5.42. The van der Waals surface area contributed by atoms with Crippen LogP contribution in [0.2, 0.25) is 0 Å². The largest absolute Gasteiger partial charge is 0.496 e. The Morgan fingerprint density at radius 2 is 1.88 bits per heavy atom. The highest BCUT2D eigenvalue weighted by Crippen LogP contribution is 2.26. The Labute approximate surface area is 105 Å². The quantitative estimate of drug-likeness (QED) is 0.776. The van der Waals surface area contributed by atoms with Crippen molar-refractivity contribution in [2.45, 2.75) is 39.7 Å². The molecule has 0 amide bonds. The minimum absolute atomic E-state index is 0.389. The minimum Gasteiger partial charge on any atom is -0.496 e. The summed E-state index contributed by atoms with van der Waals surface area (Å²) in [6.07, 6.45) is 2.30. The van der Waals surface area contributed by atoms with Gasteiger partial charge < -0.3 is 10.1 Å². The van der Waals surface area contributed by atoms with E-state index < -0.39 is 0 Å². The third-order valence-electron chi connectivity index (χ3n) is 3.33. The van der Waals surface area contributed by atoms with Crippen LogP contribution in [0.5, 0.6) is 5.75 Å². The van der Waals surface area contributed by atoms with Crippen LogP contribution < -0.4 is 10.1 Å².